The van der Waals surface area contributed by atoms with Gasteiger partial charge in [-0.2, -0.15) is 4.98 Å². The van der Waals surface area contributed by atoms with Crippen molar-refractivity contribution in [1.29, 1.82) is 0 Å². The number of nitrogens with one attached hydrogen (secondary N) is 2. The Kier molecular flexibility index (Phi) is 4.01. The molecule has 0 saturated heterocycles. The van der Waals surface area contributed by atoms with Crippen LogP contribution >= 0.6 is 0 Å². The maximum atomic E-state index is 5.42. The molecular weight excluding hydrogens is 316 g/mol. The van der Waals surface area contributed by atoms with Crippen LogP contribution in [0.3, 0.4) is 0 Å². The minimum absolute atomic E-state index is 0.482. The summed E-state index contributed by atoms with van der Waals surface area (Å²) in [5.41, 5.74) is 1.74. The van der Waals surface area contributed by atoms with E-state index in [1.807, 2.05) is 42.5 Å². The van der Waals surface area contributed by atoms with Crippen LogP contribution in [0, 0.1) is 0 Å². The van der Waals surface area contributed by atoms with Gasteiger partial charge in [-0.25, -0.2) is 4.98 Å². The van der Waals surface area contributed by atoms with Crippen LogP contribution < -0.4 is 20.1 Å². The van der Waals surface area contributed by atoms with E-state index >= 15 is 0 Å². The number of aromatic nitrogens is 2. The fourth-order valence-corrected chi connectivity index (χ4v) is 2.69. The van der Waals surface area contributed by atoms with Gasteiger partial charge in [0.15, 0.2) is 11.5 Å². The fourth-order valence-electron chi connectivity index (χ4n) is 2.69. The van der Waals surface area contributed by atoms with Gasteiger partial charge in [0, 0.05) is 23.2 Å². The van der Waals surface area contributed by atoms with Crippen molar-refractivity contribution in [3.05, 3.63) is 42.5 Å². The highest BCUT2D eigenvalue weighted by atomic mass is 16.5. The normalized spacial score (nSPS) is 13.5. The molecule has 1 aliphatic carbocycles. The van der Waals surface area contributed by atoms with Gasteiger partial charge >= 0.3 is 0 Å². The van der Waals surface area contributed by atoms with Crippen LogP contribution in [0.1, 0.15) is 12.8 Å². The highest BCUT2D eigenvalue weighted by molar-refractivity contribution is 5.93. The Morgan fingerprint density at radius 3 is 2.36 bits per heavy atom. The van der Waals surface area contributed by atoms with Gasteiger partial charge in [-0.3, -0.25) is 0 Å². The number of para-hydroxylation sites is 1. The zero-order valence-corrected chi connectivity index (χ0v) is 14.2. The van der Waals surface area contributed by atoms with E-state index < -0.39 is 0 Å². The van der Waals surface area contributed by atoms with Crippen molar-refractivity contribution >= 4 is 28.4 Å². The SMILES string of the molecule is COc1cc2nc(Nc3ccccc3)nc(NC3CC3)c2cc1OC. The van der Waals surface area contributed by atoms with E-state index in [4.69, 9.17) is 9.47 Å². The first-order valence-corrected chi connectivity index (χ1v) is 8.29. The molecule has 2 N–H and O–H groups in total. The Morgan fingerprint density at radius 2 is 1.68 bits per heavy atom. The van der Waals surface area contributed by atoms with Gasteiger partial charge in [0.1, 0.15) is 5.82 Å². The lowest BCUT2D eigenvalue weighted by Gasteiger charge is -2.14. The zero-order chi connectivity index (χ0) is 17.2. The molecule has 0 bridgehead atoms. The smallest absolute Gasteiger partial charge is 0.229 e. The van der Waals surface area contributed by atoms with E-state index in [1.165, 1.54) is 12.8 Å². The second-order valence-electron chi connectivity index (χ2n) is 6.03. The fraction of sp³-hybridized carbons (Fsp3) is 0.263. The van der Waals surface area contributed by atoms with Crippen molar-refractivity contribution in [3.8, 4) is 11.5 Å². The summed E-state index contributed by atoms with van der Waals surface area (Å²) >= 11 is 0. The number of fused-ring (bicyclic) bond motifs is 1. The molecule has 1 aromatic heterocycles. The second kappa shape index (κ2) is 6.47. The Labute approximate surface area is 146 Å². The van der Waals surface area contributed by atoms with Crippen LogP contribution in [0.25, 0.3) is 10.9 Å². The molecule has 128 valence electrons. The summed E-state index contributed by atoms with van der Waals surface area (Å²) in [6, 6.07) is 14.2. The average molecular weight is 336 g/mol. The number of benzene rings is 2. The summed E-state index contributed by atoms with van der Waals surface area (Å²) in [5.74, 6) is 2.68. The van der Waals surface area contributed by atoms with E-state index in [9.17, 15) is 0 Å². The largest absolute Gasteiger partial charge is 0.493 e. The molecular formula is C19H20N4O2. The van der Waals surface area contributed by atoms with Crippen molar-refractivity contribution in [3.63, 3.8) is 0 Å². The minimum atomic E-state index is 0.482. The number of rotatable bonds is 6. The Bertz CT molecular complexity index is 895. The highest BCUT2D eigenvalue weighted by Gasteiger charge is 2.23. The van der Waals surface area contributed by atoms with Crippen molar-refractivity contribution in [2.45, 2.75) is 18.9 Å². The molecule has 0 spiro atoms. The van der Waals surface area contributed by atoms with Gasteiger partial charge in [-0.15, -0.1) is 0 Å². The Balaban J connectivity index is 1.81. The zero-order valence-electron chi connectivity index (χ0n) is 14.2. The number of methoxy groups -OCH3 is 2. The standard InChI is InChI=1S/C19H20N4O2/c1-24-16-10-14-15(11-17(16)25-2)22-19(21-12-6-4-3-5-7-12)23-18(14)20-13-8-9-13/h3-7,10-11,13H,8-9H2,1-2H3,(H2,20,21,22,23). The quantitative estimate of drug-likeness (QED) is 0.710. The van der Waals surface area contributed by atoms with Crippen LogP contribution in [0.15, 0.2) is 42.5 Å². The summed E-state index contributed by atoms with van der Waals surface area (Å²) < 4.78 is 10.8. The lowest BCUT2D eigenvalue weighted by atomic mass is 10.2. The summed E-state index contributed by atoms with van der Waals surface area (Å²) in [5, 5.41) is 7.67. The van der Waals surface area contributed by atoms with Gasteiger partial charge in [0.05, 0.1) is 19.7 Å². The third kappa shape index (κ3) is 3.28. The summed E-state index contributed by atoms with van der Waals surface area (Å²) in [6.07, 6.45) is 2.33. The third-order valence-electron chi connectivity index (χ3n) is 4.15. The van der Waals surface area contributed by atoms with E-state index in [0.717, 1.165) is 22.4 Å². The molecule has 25 heavy (non-hydrogen) atoms. The Morgan fingerprint density at radius 1 is 0.960 bits per heavy atom. The molecule has 1 saturated carbocycles. The van der Waals surface area contributed by atoms with Crippen LogP contribution in [-0.2, 0) is 0 Å². The second-order valence-corrected chi connectivity index (χ2v) is 6.03. The first kappa shape index (κ1) is 15.5. The number of anilines is 3. The number of nitrogens with zero attached hydrogens (tertiary/aromatic N) is 2. The minimum Gasteiger partial charge on any atom is -0.493 e. The van der Waals surface area contributed by atoms with E-state index in [2.05, 4.69) is 20.6 Å². The Hall–Kier alpha value is -3.02. The molecule has 4 rings (SSSR count). The molecule has 0 unspecified atom stereocenters. The lowest BCUT2D eigenvalue weighted by molar-refractivity contribution is 0.356. The van der Waals surface area contributed by atoms with Crippen LogP contribution in [0.5, 0.6) is 11.5 Å². The number of hydrogen-bond acceptors (Lipinski definition) is 6. The number of ether oxygens (including phenoxy) is 2. The van der Waals surface area contributed by atoms with Gasteiger partial charge in [-0.05, 0) is 31.0 Å². The summed E-state index contributed by atoms with van der Waals surface area (Å²) in [7, 11) is 3.25. The average Bonchev–Trinajstić information content (AvgIpc) is 3.45. The lowest BCUT2D eigenvalue weighted by Crippen LogP contribution is -2.07. The van der Waals surface area contributed by atoms with Gasteiger partial charge < -0.3 is 20.1 Å². The summed E-state index contributed by atoms with van der Waals surface area (Å²) in [6.45, 7) is 0. The van der Waals surface area contributed by atoms with Crippen LogP contribution in [0.4, 0.5) is 17.5 Å². The molecule has 0 aliphatic heterocycles. The molecule has 1 aliphatic rings. The third-order valence-corrected chi connectivity index (χ3v) is 4.15. The van der Waals surface area contributed by atoms with Crippen molar-refractivity contribution in [2.75, 3.05) is 24.9 Å². The first-order valence-electron chi connectivity index (χ1n) is 8.29. The van der Waals surface area contributed by atoms with Crippen LogP contribution in [0.2, 0.25) is 0 Å². The maximum absolute atomic E-state index is 5.42. The monoisotopic (exact) mass is 336 g/mol. The van der Waals surface area contributed by atoms with Crippen molar-refractivity contribution in [2.24, 2.45) is 0 Å². The predicted octanol–water partition coefficient (Wildman–Crippen LogP) is 3.96. The topological polar surface area (TPSA) is 68.3 Å². The van der Waals surface area contributed by atoms with Crippen LogP contribution in [-0.4, -0.2) is 30.2 Å². The van der Waals surface area contributed by atoms with Crippen molar-refractivity contribution < 1.29 is 9.47 Å². The highest BCUT2D eigenvalue weighted by Crippen LogP contribution is 2.36. The number of hydrogen-bond donors (Lipinski definition) is 2. The van der Waals surface area contributed by atoms with Gasteiger partial charge in [0.2, 0.25) is 5.95 Å². The van der Waals surface area contributed by atoms with E-state index in [1.54, 1.807) is 14.2 Å². The molecule has 3 aromatic rings. The molecule has 0 amide bonds. The van der Waals surface area contributed by atoms with Gasteiger partial charge in [0.25, 0.3) is 0 Å². The molecule has 6 heteroatoms. The van der Waals surface area contributed by atoms with E-state index in [0.29, 0.717) is 23.5 Å². The maximum Gasteiger partial charge on any atom is 0.229 e. The van der Waals surface area contributed by atoms with Gasteiger partial charge in [-0.1, -0.05) is 18.2 Å². The van der Waals surface area contributed by atoms with E-state index in [-0.39, 0.29) is 0 Å². The predicted molar refractivity (Wildman–Crippen MR) is 99.0 cm³/mol. The molecule has 6 nitrogen and oxygen atoms in total. The first-order chi connectivity index (χ1) is 12.3. The molecule has 0 atom stereocenters. The molecule has 0 radical (unpaired) electrons. The molecule has 1 heterocycles. The van der Waals surface area contributed by atoms with Crippen molar-refractivity contribution in [1.82, 2.24) is 9.97 Å². The molecule has 2 aromatic carbocycles. The summed E-state index contributed by atoms with van der Waals surface area (Å²) in [4.78, 5) is 9.32. The molecule has 1 fully saturated rings.